The highest BCUT2D eigenvalue weighted by Gasteiger charge is 2.29. The summed E-state index contributed by atoms with van der Waals surface area (Å²) < 4.78 is 0. The first kappa shape index (κ1) is 25.6. The summed E-state index contributed by atoms with van der Waals surface area (Å²) in [5, 5.41) is 6.26. The van der Waals surface area contributed by atoms with Crippen LogP contribution in [-0.4, -0.2) is 63.9 Å². The molecule has 3 heterocycles. The number of nitrogens with zero attached hydrogens (tertiary/aromatic N) is 5. The molecule has 9 heteroatoms. The zero-order valence-electron chi connectivity index (χ0n) is 21.7. The van der Waals surface area contributed by atoms with Crippen LogP contribution in [0.2, 0.25) is 0 Å². The molecule has 0 aliphatic carbocycles. The minimum atomic E-state index is -0.134. The molecule has 0 saturated carbocycles. The second-order valence-electron chi connectivity index (χ2n) is 9.69. The van der Waals surface area contributed by atoms with E-state index in [1.54, 1.807) is 11.1 Å². The van der Waals surface area contributed by atoms with Gasteiger partial charge in [-0.2, -0.15) is 4.98 Å². The molecular formula is C27H37N7O2. The lowest BCUT2D eigenvalue weighted by Gasteiger charge is -2.39. The Balaban J connectivity index is 1.42. The number of nitrogens with one attached hydrogen (secondary N) is 2. The summed E-state index contributed by atoms with van der Waals surface area (Å²) in [7, 11) is 0. The average Bonchev–Trinajstić information content (AvgIpc) is 2.89. The van der Waals surface area contributed by atoms with Gasteiger partial charge in [0.2, 0.25) is 11.9 Å². The third-order valence-electron chi connectivity index (χ3n) is 7.03. The SMILES string of the molecule is C=CC(=O)N1CCN(C(CC)c2ccc([C@H](C)Nc3ncc4c(n3)N(C(C)C)C(=O)NC4)cc2)CC1. The van der Waals surface area contributed by atoms with Gasteiger partial charge in [-0.25, -0.2) is 9.78 Å². The van der Waals surface area contributed by atoms with Crippen molar-refractivity contribution in [2.45, 2.75) is 58.8 Å². The van der Waals surface area contributed by atoms with Crippen molar-refractivity contribution >= 4 is 23.7 Å². The lowest BCUT2D eigenvalue weighted by molar-refractivity contribution is -0.128. The Bertz CT molecular complexity index is 1090. The minimum Gasteiger partial charge on any atom is -0.348 e. The zero-order valence-corrected chi connectivity index (χ0v) is 21.7. The van der Waals surface area contributed by atoms with E-state index in [0.29, 0.717) is 24.4 Å². The van der Waals surface area contributed by atoms with Crippen LogP contribution in [0, 0.1) is 0 Å². The number of benzene rings is 1. The first-order chi connectivity index (χ1) is 17.3. The van der Waals surface area contributed by atoms with Crippen molar-refractivity contribution in [2.75, 3.05) is 36.4 Å². The second-order valence-corrected chi connectivity index (χ2v) is 9.69. The molecular weight excluding hydrogens is 454 g/mol. The van der Waals surface area contributed by atoms with Crippen LogP contribution in [0.1, 0.15) is 62.9 Å². The quantitative estimate of drug-likeness (QED) is 0.545. The maximum atomic E-state index is 12.3. The molecule has 36 heavy (non-hydrogen) atoms. The smallest absolute Gasteiger partial charge is 0.323 e. The highest BCUT2D eigenvalue weighted by molar-refractivity contribution is 5.94. The second kappa shape index (κ2) is 11.1. The number of piperazine rings is 1. The Hall–Kier alpha value is -3.46. The molecule has 1 fully saturated rings. The summed E-state index contributed by atoms with van der Waals surface area (Å²) in [6.45, 7) is 15.5. The number of anilines is 2. The van der Waals surface area contributed by atoms with Crippen molar-refractivity contribution in [1.29, 1.82) is 0 Å². The molecule has 192 valence electrons. The zero-order chi connectivity index (χ0) is 25.8. The number of fused-ring (bicyclic) bond motifs is 1. The number of hydrogen-bond acceptors (Lipinski definition) is 6. The molecule has 1 aromatic carbocycles. The normalized spacial score (nSPS) is 17.9. The largest absolute Gasteiger partial charge is 0.348 e. The molecule has 1 aromatic heterocycles. The van der Waals surface area contributed by atoms with Crippen LogP contribution in [0.25, 0.3) is 0 Å². The molecule has 0 bridgehead atoms. The molecule has 9 nitrogen and oxygen atoms in total. The molecule has 2 aliphatic rings. The minimum absolute atomic E-state index is 0.00412. The maximum absolute atomic E-state index is 12.3. The summed E-state index contributed by atoms with van der Waals surface area (Å²) in [5.74, 6) is 1.18. The molecule has 2 aliphatic heterocycles. The van der Waals surface area contributed by atoms with Crippen LogP contribution >= 0.6 is 0 Å². The first-order valence-electron chi connectivity index (χ1n) is 12.8. The van der Waals surface area contributed by atoms with Crippen LogP contribution in [0.3, 0.4) is 0 Å². The van der Waals surface area contributed by atoms with Crippen molar-refractivity contribution in [3.05, 3.63) is 59.8 Å². The van der Waals surface area contributed by atoms with Crippen molar-refractivity contribution in [2.24, 2.45) is 0 Å². The highest BCUT2D eigenvalue weighted by atomic mass is 16.2. The maximum Gasteiger partial charge on any atom is 0.323 e. The molecule has 1 unspecified atom stereocenters. The van der Waals surface area contributed by atoms with Gasteiger partial charge in [-0.05, 0) is 44.4 Å². The van der Waals surface area contributed by atoms with E-state index >= 15 is 0 Å². The molecule has 0 radical (unpaired) electrons. The number of aromatic nitrogens is 2. The van der Waals surface area contributed by atoms with Crippen molar-refractivity contribution in [3.8, 4) is 0 Å². The molecule has 3 amide bonds. The fraction of sp³-hybridized carbons (Fsp3) is 0.481. The van der Waals surface area contributed by atoms with E-state index in [1.807, 2.05) is 18.7 Å². The van der Waals surface area contributed by atoms with Gasteiger partial charge in [-0.15, -0.1) is 0 Å². The fourth-order valence-electron chi connectivity index (χ4n) is 5.00. The predicted octanol–water partition coefficient (Wildman–Crippen LogP) is 3.87. The monoisotopic (exact) mass is 491 g/mol. The number of carbonyl (C=O) groups excluding carboxylic acids is 2. The Labute approximate surface area is 213 Å². The number of amides is 3. The third-order valence-corrected chi connectivity index (χ3v) is 7.03. The fourth-order valence-corrected chi connectivity index (χ4v) is 5.00. The number of hydrogen-bond donors (Lipinski definition) is 2. The van der Waals surface area contributed by atoms with Crippen molar-refractivity contribution in [1.82, 2.24) is 25.1 Å². The van der Waals surface area contributed by atoms with Gasteiger partial charge in [0.25, 0.3) is 0 Å². The molecule has 1 saturated heterocycles. The molecule has 2 N–H and O–H groups in total. The van der Waals surface area contributed by atoms with Gasteiger partial charge in [-0.1, -0.05) is 37.8 Å². The Morgan fingerprint density at radius 2 is 1.81 bits per heavy atom. The molecule has 2 aromatic rings. The number of carbonyl (C=O) groups is 2. The first-order valence-corrected chi connectivity index (χ1v) is 12.8. The van der Waals surface area contributed by atoms with Gasteiger partial charge in [0.1, 0.15) is 5.82 Å². The standard InChI is InChI=1S/C27H37N7O2/c1-6-23(32-12-14-33(15-13-32)24(35)7-2)21-10-8-20(9-11-21)19(5)30-26-28-16-22-17-29-27(36)34(18(3)4)25(22)31-26/h7-11,16,18-19,23H,2,6,12-15,17H2,1,3-5H3,(H,29,36)(H,28,30,31)/t19-,23?/m0/s1. The van der Waals surface area contributed by atoms with E-state index < -0.39 is 0 Å². The Morgan fingerprint density at radius 1 is 1.14 bits per heavy atom. The van der Waals surface area contributed by atoms with Gasteiger partial charge < -0.3 is 15.5 Å². The Morgan fingerprint density at radius 3 is 2.42 bits per heavy atom. The Kier molecular flexibility index (Phi) is 7.88. The summed E-state index contributed by atoms with van der Waals surface area (Å²) in [4.78, 5) is 39.4. The summed E-state index contributed by atoms with van der Waals surface area (Å²) in [6, 6.07) is 8.87. The third kappa shape index (κ3) is 5.36. The van der Waals surface area contributed by atoms with Crippen LogP contribution in [0.4, 0.5) is 16.6 Å². The van der Waals surface area contributed by atoms with E-state index in [0.717, 1.165) is 43.7 Å². The van der Waals surface area contributed by atoms with Gasteiger partial charge in [0.05, 0.1) is 6.04 Å². The highest BCUT2D eigenvalue weighted by Crippen LogP contribution is 2.29. The summed E-state index contributed by atoms with van der Waals surface area (Å²) in [6.07, 6.45) is 4.18. The molecule has 2 atom stereocenters. The lowest BCUT2D eigenvalue weighted by atomic mass is 9.98. The van der Waals surface area contributed by atoms with E-state index in [2.05, 4.69) is 70.2 Å². The molecule has 4 rings (SSSR count). The van der Waals surface area contributed by atoms with Crippen LogP contribution < -0.4 is 15.5 Å². The number of urea groups is 1. The van der Waals surface area contributed by atoms with E-state index in [4.69, 9.17) is 0 Å². The van der Waals surface area contributed by atoms with Gasteiger partial charge in [0, 0.05) is 56.6 Å². The lowest BCUT2D eigenvalue weighted by Crippen LogP contribution is -2.49. The van der Waals surface area contributed by atoms with E-state index in [9.17, 15) is 9.59 Å². The molecule has 0 spiro atoms. The topological polar surface area (TPSA) is 93.7 Å². The van der Waals surface area contributed by atoms with Crippen LogP contribution in [0.15, 0.2) is 43.1 Å². The van der Waals surface area contributed by atoms with Crippen LogP contribution in [-0.2, 0) is 11.3 Å². The summed E-state index contributed by atoms with van der Waals surface area (Å²) in [5.41, 5.74) is 3.32. The van der Waals surface area contributed by atoms with Gasteiger partial charge in [0.15, 0.2) is 0 Å². The van der Waals surface area contributed by atoms with E-state index in [1.165, 1.54) is 11.6 Å². The van der Waals surface area contributed by atoms with Crippen LogP contribution in [0.5, 0.6) is 0 Å². The van der Waals surface area contributed by atoms with E-state index in [-0.39, 0.29) is 24.0 Å². The van der Waals surface area contributed by atoms with Gasteiger partial charge in [-0.3, -0.25) is 14.6 Å². The predicted molar refractivity (Wildman–Crippen MR) is 142 cm³/mol. The average molecular weight is 492 g/mol. The summed E-state index contributed by atoms with van der Waals surface area (Å²) >= 11 is 0. The number of rotatable bonds is 8. The van der Waals surface area contributed by atoms with Crippen molar-refractivity contribution in [3.63, 3.8) is 0 Å². The van der Waals surface area contributed by atoms with Gasteiger partial charge >= 0.3 is 6.03 Å². The van der Waals surface area contributed by atoms with Crippen molar-refractivity contribution < 1.29 is 9.59 Å².